The summed E-state index contributed by atoms with van der Waals surface area (Å²) < 4.78 is 0. The quantitative estimate of drug-likeness (QED) is 0.704. The molecule has 2 nitrogen and oxygen atoms in total. The number of fused-ring (bicyclic) bond motifs is 5. The summed E-state index contributed by atoms with van der Waals surface area (Å²) in [5.41, 5.74) is 1.03. The first-order valence-electron chi connectivity index (χ1n) is 9.00. The number of hydrogen-bond acceptors (Lipinski definition) is 2. The average Bonchev–Trinajstić information content (AvgIpc) is 2.79. The molecule has 22 heavy (non-hydrogen) atoms. The number of alkyl halides is 1. The lowest BCUT2D eigenvalue weighted by molar-refractivity contribution is -0.117. The van der Waals surface area contributed by atoms with Gasteiger partial charge in [0.25, 0.3) is 0 Å². The average molecular weight is 367 g/mol. The van der Waals surface area contributed by atoms with Gasteiger partial charge in [-0.05, 0) is 74.7 Å². The van der Waals surface area contributed by atoms with Crippen molar-refractivity contribution in [1.82, 2.24) is 0 Å². The van der Waals surface area contributed by atoms with Crippen LogP contribution in [0.5, 0.6) is 0 Å². The third kappa shape index (κ3) is 1.97. The largest absolute Gasteiger partial charge is 0.388 e. The van der Waals surface area contributed by atoms with Crippen molar-refractivity contribution in [3.8, 4) is 0 Å². The van der Waals surface area contributed by atoms with Crippen LogP contribution in [0.15, 0.2) is 11.6 Å². The molecule has 1 N–H and O–H groups in total. The summed E-state index contributed by atoms with van der Waals surface area (Å²) in [5, 5.41) is 11.8. The van der Waals surface area contributed by atoms with Gasteiger partial charge in [0.05, 0.1) is 5.60 Å². The molecule has 0 unspecified atom stereocenters. The molecule has 0 aromatic carbocycles. The molecule has 4 aliphatic carbocycles. The van der Waals surface area contributed by atoms with Gasteiger partial charge in [0.15, 0.2) is 5.78 Å². The number of carbonyl (C=O) groups is 1. The first kappa shape index (κ1) is 15.4. The zero-order valence-electron chi connectivity index (χ0n) is 13.5. The maximum atomic E-state index is 11.7. The van der Waals surface area contributed by atoms with Crippen molar-refractivity contribution in [2.45, 2.75) is 63.9 Å². The molecule has 0 aromatic rings. The molecule has 0 aromatic heterocycles. The molecule has 4 rings (SSSR count). The van der Waals surface area contributed by atoms with Crippen molar-refractivity contribution in [3.05, 3.63) is 11.6 Å². The Hall–Kier alpha value is -0.150. The summed E-state index contributed by atoms with van der Waals surface area (Å²) in [4.78, 5) is 11.7. The normalized spacial score (nSPS) is 50.9. The number of carbonyl (C=O) groups excluding carboxylic acids is 1. The van der Waals surface area contributed by atoms with Crippen molar-refractivity contribution in [2.75, 3.05) is 5.33 Å². The Bertz CT molecular complexity index is 528. The first-order valence-corrected chi connectivity index (χ1v) is 10.1. The van der Waals surface area contributed by atoms with E-state index < -0.39 is 5.60 Å². The van der Waals surface area contributed by atoms with E-state index in [0.29, 0.717) is 22.9 Å². The minimum absolute atomic E-state index is 0.0867. The molecule has 6 atom stereocenters. The Kier molecular flexibility index (Phi) is 3.62. The zero-order valence-corrected chi connectivity index (χ0v) is 15.1. The Morgan fingerprint density at radius 3 is 2.77 bits per heavy atom. The van der Waals surface area contributed by atoms with Gasteiger partial charge >= 0.3 is 0 Å². The number of ketones is 1. The summed E-state index contributed by atoms with van der Waals surface area (Å²) in [6.45, 7) is 2.35. The van der Waals surface area contributed by atoms with Crippen LogP contribution in [0.2, 0.25) is 0 Å². The van der Waals surface area contributed by atoms with Crippen molar-refractivity contribution in [1.29, 1.82) is 0 Å². The van der Waals surface area contributed by atoms with E-state index in [4.69, 9.17) is 0 Å². The van der Waals surface area contributed by atoms with Gasteiger partial charge in [0.1, 0.15) is 0 Å². The van der Waals surface area contributed by atoms with E-state index in [1.165, 1.54) is 24.8 Å². The second kappa shape index (κ2) is 5.17. The predicted octanol–water partition coefficient (Wildman–Crippen LogP) is 4.25. The Balaban J connectivity index is 1.63. The Morgan fingerprint density at radius 1 is 1.18 bits per heavy atom. The van der Waals surface area contributed by atoms with E-state index >= 15 is 0 Å². The molecule has 122 valence electrons. The topological polar surface area (TPSA) is 37.3 Å². The van der Waals surface area contributed by atoms with Crippen LogP contribution in [0.4, 0.5) is 0 Å². The molecule has 0 heterocycles. The lowest BCUT2D eigenvalue weighted by atomic mass is 9.51. The van der Waals surface area contributed by atoms with Crippen LogP contribution < -0.4 is 0 Å². The molecular formula is C19H27BrO2. The van der Waals surface area contributed by atoms with Crippen LogP contribution in [0.25, 0.3) is 0 Å². The molecule has 3 heteroatoms. The predicted molar refractivity (Wildman–Crippen MR) is 90.8 cm³/mol. The van der Waals surface area contributed by atoms with Crippen LogP contribution in [0.3, 0.4) is 0 Å². The van der Waals surface area contributed by atoms with Crippen LogP contribution in [0.1, 0.15) is 58.3 Å². The SMILES string of the molecule is C[C@]12CC[C@H]3[C@@H](CCC4=CC(=O)CC[C@@H]43)[C@@H]1CC[C@@]2(O)CBr. The monoisotopic (exact) mass is 366 g/mol. The van der Waals surface area contributed by atoms with E-state index in [0.717, 1.165) is 43.9 Å². The third-order valence-corrected chi connectivity index (χ3v) is 8.77. The van der Waals surface area contributed by atoms with Crippen molar-refractivity contribution in [2.24, 2.45) is 29.1 Å². The summed E-state index contributed by atoms with van der Waals surface area (Å²) in [7, 11) is 0. The van der Waals surface area contributed by atoms with Gasteiger partial charge in [-0.25, -0.2) is 0 Å². The molecule has 0 bridgehead atoms. The van der Waals surface area contributed by atoms with Gasteiger partial charge in [0, 0.05) is 17.2 Å². The highest BCUT2D eigenvalue weighted by atomic mass is 79.9. The zero-order chi connectivity index (χ0) is 15.5. The summed E-state index contributed by atoms with van der Waals surface area (Å²) in [6, 6.07) is 0. The third-order valence-electron chi connectivity index (χ3n) is 7.84. The smallest absolute Gasteiger partial charge is 0.155 e. The van der Waals surface area contributed by atoms with Crippen LogP contribution >= 0.6 is 15.9 Å². The highest BCUT2D eigenvalue weighted by Crippen LogP contribution is 2.65. The van der Waals surface area contributed by atoms with Crippen molar-refractivity contribution >= 4 is 21.7 Å². The van der Waals surface area contributed by atoms with E-state index in [1.54, 1.807) is 0 Å². The summed E-state index contributed by atoms with van der Waals surface area (Å²) in [5.74, 6) is 3.22. The molecule has 0 aliphatic heterocycles. The van der Waals surface area contributed by atoms with Crippen LogP contribution in [-0.4, -0.2) is 21.8 Å². The molecule has 0 saturated heterocycles. The lowest BCUT2D eigenvalue weighted by Gasteiger charge is -2.55. The molecular weight excluding hydrogens is 340 g/mol. The van der Waals surface area contributed by atoms with Gasteiger partial charge in [0.2, 0.25) is 0 Å². The number of aliphatic hydroxyl groups is 1. The minimum atomic E-state index is -0.513. The minimum Gasteiger partial charge on any atom is -0.388 e. The van der Waals surface area contributed by atoms with Crippen LogP contribution in [0, 0.1) is 29.1 Å². The second-order valence-corrected chi connectivity index (χ2v) is 9.02. The van der Waals surface area contributed by atoms with E-state index in [2.05, 4.69) is 22.9 Å². The summed E-state index contributed by atoms with van der Waals surface area (Å²) >= 11 is 3.58. The van der Waals surface area contributed by atoms with Crippen molar-refractivity contribution < 1.29 is 9.90 Å². The molecule has 3 fully saturated rings. The fourth-order valence-corrected chi connectivity index (χ4v) is 7.43. The summed E-state index contributed by atoms with van der Waals surface area (Å²) in [6.07, 6.45) is 10.7. The van der Waals surface area contributed by atoms with Gasteiger partial charge in [-0.1, -0.05) is 28.4 Å². The standard InChI is InChI=1S/C19H27BrO2/c1-18-8-6-15-14-5-3-13(21)10-12(14)2-4-16(15)17(18)7-9-19(18,22)11-20/h10,14-17,22H,2-9,11H2,1H3/t14-,15+,16+,17-,18-,19+/m0/s1. The van der Waals surface area contributed by atoms with Crippen molar-refractivity contribution in [3.63, 3.8) is 0 Å². The number of hydrogen-bond donors (Lipinski definition) is 1. The number of rotatable bonds is 1. The molecule has 4 aliphatic rings. The maximum absolute atomic E-state index is 11.7. The lowest BCUT2D eigenvalue weighted by Crippen LogP contribution is -2.53. The molecule has 3 saturated carbocycles. The fraction of sp³-hybridized carbons (Fsp3) is 0.842. The van der Waals surface area contributed by atoms with Gasteiger partial charge in [-0.15, -0.1) is 0 Å². The molecule has 0 radical (unpaired) electrons. The van der Waals surface area contributed by atoms with Gasteiger partial charge in [-0.3, -0.25) is 4.79 Å². The number of allylic oxidation sites excluding steroid dienone is 1. The maximum Gasteiger partial charge on any atom is 0.155 e. The molecule has 0 amide bonds. The highest BCUT2D eigenvalue weighted by molar-refractivity contribution is 9.09. The Labute approximate surface area is 141 Å². The number of halogens is 1. The van der Waals surface area contributed by atoms with Gasteiger partial charge in [-0.2, -0.15) is 0 Å². The second-order valence-electron chi connectivity index (χ2n) is 8.46. The Morgan fingerprint density at radius 2 is 2.00 bits per heavy atom. The van der Waals surface area contributed by atoms with E-state index in [1.807, 2.05) is 6.08 Å². The molecule has 0 spiro atoms. The fourth-order valence-electron chi connectivity index (χ4n) is 6.51. The van der Waals surface area contributed by atoms with Crippen LogP contribution in [-0.2, 0) is 4.79 Å². The van der Waals surface area contributed by atoms with E-state index in [9.17, 15) is 9.90 Å². The highest BCUT2D eigenvalue weighted by Gasteiger charge is 2.61. The van der Waals surface area contributed by atoms with Gasteiger partial charge < -0.3 is 5.11 Å². The van der Waals surface area contributed by atoms with E-state index in [-0.39, 0.29) is 5.41 Å². The first-order chi connectivity index (χ1) is 10.5.